The van der Waals surface area contributed by atoms with Crippen LogP contribution in [0.3, 0.4) is 0 Å². The number of hydrogen-bond donors (Lipinski definition) is 1. The molecule has 1 heterocycles. The summed E-state index contributed by atoms with van der Waals surface area (Å²) < 4.78 is 5.54. The number of benzene rings is 2. The van der Waals surface area contributed by atoms with Gasteiger partial charge in [0.15, 0.2) is 0 Å². The summed E-state index contributed by atoms with van der Waals surface area (Å²) in [4.78, 5) is 4.56. The summed E-state index contributed by atoms with van der Waals surface area (Å²) in [5.74, 6) is 0.857. The van der Waals surface area contributed by atoms with Gasteiger partial charge in [0.05, 0.1) is 12.8 Å². The Morgan fingerprint density at radius 1 is 0.955 bits per heavy atom. The first kappa shape index (κ1) is 14.5. The number of nitrogens with two attached hydrogens (primary N) is 1. The molecule has 0 aliphatic heterocycles. The SMILES string of the molecule is COc1ccc(C)cc1-c1cnc(CN)c2ccc(C)cc12. The molecule has 1 aromatic heterocycles. The molecule has 0 aliphatic rings. The minimum absolute atomic E-state index is 0.435. The fourth-order valence-electron chi connectivity index (χ4n) is 2.82. The zero-order chi connectivity index (χ0) is 15.7. The lowest BCUT2D eigenvalue weighted by Crippen LogP contribution is -2.01. The van der Waals surface area contributed by atoms with Crippen LogP contribution in [0, 0.1) is 13.8 Å². The molecule has 0 fully saturated rings. The highest BCUT2D eigenvalue weighted by Crippen LogP contribution is 2.36. The number of pyridine rings is 1. The number of aryl methyl sites for hydroxylation is 2. The van der Waals surface area contributed by atoms with Gasteiger partial charge in [-0.2, -0.15) is 0 Å². The molecule has 0 saturated carbocycles. The highest BCUT2D eigenvalue weighted by molar-refractivity contribution is 5.99. The summed E-state index contributed by atoms with van der Waals surface area (Å²) in [7, 11) is 1.70. The third-order valence-corrected chi connectivity index (χ3v) is 3.96. The van der Waals surface area contributed by atoms with Crippen LogP contribution in [0.5, 0.6) is 5.75 Å². The summed E-state index contributed by atoms with van der Waals surface area (Å²) in [6.45, 7) is 4.61. The van der Waals surface area contributed by atoms with Gasteiger partial charge in [0.2, 0.25) is 0 Å². The molecule has 112 valence electrons. The second-order valence-electron chi connectivity index (χ2n) is 5.58. The van der Waals surface area contributed by atoms with E-state index in [1.54, 1.807) is 7.11 Å². The first-order chi connectivity index (χ1) is 10.6. The van der Waals surface area contributed by atoms with E-state index in [2.05, 4.69) is 49.2 Å². The van der Waals surface area contributed by atoms with Crippen molar-refractivity contribution in [1.29, 1.82) is 0 Å². The average Bonchev–Trinajstić information content (AvgIpc) is 2.53. The lowest BCUT2D eigenvalue weighted by molar-refractivity contribution is 0.416. The zero-order valence-electron chi connectivity index (χ0n) is 13.2. The normalized spacial score (nSPS) is 10.9. The van der Waals surface area contributed by atoms with Crippen molar-refractivity contribution in [3.8, 4) is 16.9 Å². The van der Waals surface area contributed by atoms with Gasteiger partial charge in [0.25, 0.3) is 0 Å². The van der Waals surface area contributed by atoms with Crippen LogP contribution >= 0.6 is 0 Å². The maximum Gasteiger partial charge on any atom is 0.126 e. The first-order valence-electron chi connectivity index (χ1n) is 7.37. The van der Waals surface area contributed by atoms with E-state index in [9.17, 15) is 0 Å². The topological polar surface area (TPSA) is 48.1 Å². The van der Waals surface area contributed by atoms with Gasteiger partial charge < -0.3 is 10.5 Å². The van der Waals surface area contributed by atoms with Crippen LogP contribution in [-0.4, -0.2) is 12.1 Å². The average molecular weight is 292 g/mol. The van der Waals surface area contributed by atoms with E-state index in [1.165, 1.54) is 16.5 Å². The lowest BCUT2D eigenvalue weighted by atomic mass is 9.96. The number of methoxy groups -OCH3 is 1. The Bertz CT molecular complexity index is 840. The third-order valence-electron chi connectivity index (χ3n) is 3.96. The van der Waals surface area contributed by atoms with Crippen molar-refractivity contribution in [3.63, 3.8) is 0 Å². The number of hydrogen-bond acceptors (Lipinski definition) is 3. The van der Waals surface area contributed by atoms with Crippen LogP contribution in [0.2, 0.25) is 0 Å². The molecular formula is C19H20N2O. The molecule has 0 atom stereocenters. The number of rotatable bonds is 3. The van der Waals surface area contributed by atoms with Crippen molar-refractivity contribution in [2.75, 3.05) is 7.11 Å². The Hall–Kier alpha value is -2.39. The van der Waals surface area contributed by atoms with Gasteiger partial charge in [-0.1, -0.05) is 35.4 Å². The molecule has 2 aromatic carbocycles. The van der Waals surface area contributed by atoms with Gasteiger partial charge in [0.1, 0.15) is 5.75 Å². The van der Waals surface area contributed by atoms with Crippen molar-refractivity contribution < 1.29 is 4.74 Å². The molecule has 3 aromatic rings. The molecule has 0 radical (unpaired) electrons. The van der Waals surface area contributed by atoms with E-state index in [-0.39, 0.29) is 0 Å². The van der Waals surface area contributed by atoms with Gasteiger partial charge in [-0.3, -0.25) is 4.98 Å². The predicted octanol–water partition coefficient (Wildman–Crippen LogP) is 3.99. The summed E-state index contributed by atoms with van der Waals surface area (Å²) >= 11 is 0. The Morgan fingerprint density at radius 3 is 2.41 bits per heavy atom. The molecular weight excluding hydrogens is 272 g/mol. The summed E-state index contributed by atoms with van der Waals surface area (Å²) in [6.07, 6.45) is 1.90. The second-order valence-corrected chi connectivity index (χ2v) is 5.58. The van der Waals surface area contributed by atoms with Crippen molar-refractivity contribution >= 4 is 10.8 Å². The van der Waals surface area contributed by atoms with Gasteiger partial charge in [0, 0.05) is 29.3 Å². The van der Waals surface area contributed by atoms with Crippen molar-refractivity contribution in [2.45, 2.75) is 20.4 Å². The van der Waals surface area contributed by atoms with Crippen LogP contribution in [0.1, 0.15) is 16.8 Å². The summed E-state index contributed by atoms with van der Waals surface area (Å²) in [6, 6.07) is 12.6. The minimum Gasteiger partial charge on any atom is -0.496 e. The molecule has 3 nitrogen and oxygen atoms in total. The van der Waals surface area contributed by atoms with Gasteiger partial charge >= 0.3 is 0 Å². The standard InChI is InChI=1S/C19H20N2O/c1-12-4-6-14-15(8-12)17(11-21-18(14)10-20)16-9-13(2)5-7-19(16)22-3/h4-9,11H,10,20H2,1-3H3. The Morgan fingerprint density at radius 2 is 1.68 bits per heavy atom. The van der Waals surface area contributed by atoms with Crippen molar-refractivity contribution in [3.05, 3.63) is 59.4 Å². The minimum atomic E-state index is 0.435. The Balaban J connectivity index is 2.37. The number of ether oxygens (including phenoxy) is 1. The maximum absolute atomic E-state index is 5.84. The predicted molar refractivity (Wildman–Crippen MR) is 91.1 cm³/mol. The monoisotopic (exact) mass is 292 g/mol. The molecule has 0 spiro atoms. The molecule has 0 unspecified atom stereocenters. The lowest BCUT2D eigenvalue weighted by Gasteiger charge is -2.14. The van der Waals surface area contributed by atoms with E-state index >= 15 is 0 Å². The van der Waals surface area contributed by atoms with Gasteiger partial charge in [-0.15, -0.1) is 0 Å². The zero-order valence-corrected chi connectivity index (χ0v) is 13.2. The highest BCUT2D eigenvalue weighted by Gasteiger charge is 2.12. The van der Waals surface area contributed by atoms with Crippen LogP contribution < -0.4 is 10.5 Å². The van der Waals surface area contributed by atoms with E-state index in [0.717, 1.165) is 28.0 Å². The second kappa shape index (κ2) is 5.78. The fraction of sp³-hybridized carbons (Fsp3) is 0.211. The fourth-order valence-corrected chi connectivity index (χ4v) is 2.82. The van der Waals surface area contributed by atoms with Crippen LogP contribution in [0.25, 0.3) is 21.9 Å². The Kier molecular flexibility index (Phi) is 3.82. The highest BCUT2D eigenvalue weighted by atomic mass is 16.5. The van der Waals surface area contributed by atoms with Crippen LogP contribution in [0.15, 0.2) is 42.6 Å². The molecule has 22 heavy (non-hydrogen) atoms. The summed E-state index contributed by atoms with van der Waals surface area (Å²) in [5.41, 5.74) is 11.3. The number of fused-ring (bicyclic) bond motifs is 1. The van der Waals surface area contributed by atoms with Crippen molar-refractivity contribution in [1.82, 2.24) is 4.98 Å². The van der Waals surface area contributed by atoms with E-state index in [1.807, 2.05) is 12.3 Å². The molecule has 0 amide bonds. The third kappa shape index (κ3) is 2.44. The number of aromatic nitrogens is 1. The summed E-state index contributed by atoms with van der Waals surface area (Å²) in [5, 5.41) is 2.27. The van der Waals surface area contributed by atoms with E-state index in [0.29, 0.717) is 6.54 Å². The molecule has 0 aliphatic carbocycles. The number of nitrogens with zero attached hydrogens (tertiary/aromatic N) is 1. The molecule has 0 bridgehead atoms. The van der Waals surface area contributed by atoms with Gasteiger partial charge in [-0.05, 0) is 31.4 Å². The van der Waals surface area contributed by atoms with Crippen LogP contribution in [-0.2, 0) is 6.54 Å². The maximum atomic E-state index is 5.84. The Labute approximate surface area is 130 Å². The smallest absolute Gasteiger partial charge is 0.126 e. The first-order valence-corrected chi connectivity index (χ1v) is 7.37. The van der Waals surface area contributed by atoms with E-state index in [4.69, 9.17) is 10.5 Å². The van der Waals surface area contributed by atoms with Crippen LogP contribution in [0.4, 0.5) is 0 Å². The molecule has 0 saturated heterocycles. The quantitative estimate of drug-likeness (QED) is 0.794. The van der Waals surface area contributed by atoms with Crippen molar-refractivity contribution in [2.24, 2.45) is 5.73 Å². The van der Waals surface area contributed by atoms with E-state index < -0.39 is 0 Å². The molecule has 3 heteroatoms. The molecule has 3 rings (SSSR count). The van der Waals surface area contributed by atoms with Gasteiger partial charge in [-0.25, -0.2) is 0 Å². The molecule has 2 N–H and O–H groups in total. The largest absolute Gasteiger partial charge is 0.496 e.